The number of ketones is 1. The van der Waals surface area contributed by atoms with Crippen molar-refractivity contribution in [2.75, 3.05) is 20.8 Å². The average molecular weight is 249 g/mol. The minimum atomic E-state index is 0.155. The van der Waals surface area contributed by atoms with Gasteiger partial charge < -0.3 is 4.74 Å². The van der Waals surface area contributed by atoms with Gasteiger partial charge in [-0.1, -0.05) is 37.3 Å². The lowest BCUT2D eigenvalue weighted by Gasteiger charge is -2.27. The highest BCUT2D eigenvalue weighted by molar-refractivity contribution is 5.78. The predicted molar refractivity (Wildman–Crippen MR) is 73.5 cm³/mol. The van der Waals surface area contributed by atoms with Crippen molar-refractivity contribution in [3.05, 3.63) is 35.9 Å². The molecule has 1 aromatic rings. The Morgan fingerprint density at radius 2 is 2.00 bits per heavy atom. The van der Waals surface area contributed by atoms with E-state index < -0.39 is 0 Å². The van der Waals surface area contributed by atoms with Crippen LogP contribution < -0.4 is 0 Å². The topological polar surface area (TPSA) is 29.5 Å². The third-order valence-corrected chi connectivity index (χ3v) is 3.11. The fourth-order valence-electron chi connectivity index (χ4n) is 1.94. The van der Waals surface area contributed by atoms with Crippen molar-refractivity contribution < 1.29 is 9.53 Å². The lowest BCUT2D eigenvalue weighted by molar-refractivity contribution is -0.120. The number of likely N-dealkylation sites (N-methyl/N-ethyl adjacent to an activating group) is 1. The summed E-state index contributed by atoms with van der Waals surface area (Å²) in [7, 11) is 3.72. The molecule has 0 aliphatic carbocycles. The third kappa shape index (κ3) is 4.98. The molecular weight excluding hydrogens is 226 g/mol. The summed E-state index contributed by atoms with van der Waals surface area (Å²) in [5, 5.41) is 0. The van der Waals surface area contributed by atoms with Crippen LogP contribution in [0.3, 0.4) is 0 Å². The fourth-order valence-corrected chi connectivity index (χ4v) is 1.94. The van der Waals surface area contributed by atoms with Crippen molar-refractivity contribution in [2.24, 2.45) is 0 Å². The van der Waals surface area contributed by atoms with Crippen LogP contribution >= 0.6 is 0 Å². The first-order valence-electron chi connectivity index (χ1n) is 6.42. The highest BCUT2D eigenvalue weighted by Crippen LogP contribution is 2.10. The second kappa shape index (κ2) is 8.01. The number of ether oxygens (including phenoxy) is 1. The Bertz CT molecular complexity index is 351. The van der Waals surface area contributed by atoms with Gasteiger partial charge in [-0.3, -0.25) is 9.69 Å². The highest BCUT2D eigenvalue weighted by Gasteiger charge is 2.17. The Balaban J connectivity index is 2.58. The van der Waals surface area contributed by atoms with Gasteiger partial charge in [0.05, 0.1) is 6.61 Å². The van der Waals surface area contributed by atoms with Crippen LogP contribution in [0.25, 0.3) is 0 Å². The number of carbonyl (C=O) groups excluding carboxylic acids is 1. The van der Waals surface area contributed by atoms with Crippen molar-refractivity contribution in [3.8, 4) is 0 Å². The zero-order valence-corrected chi connectivity index (χ0v) is 11.6. The van der Waals surface area contributed by atoms with Gasteiger partial charge in [-0.15, -0.1) is 0 Å². The number of benzene rings is 1. The Kier molecular flexibility index (Phi) is 6.61. The third-order valence-electron chi connectivity index (χ3n) is 3.11. The van der Waals surface area contributed by atoms with E-state index in [1.807, 2.05) is 32.2 Å². The molecule has 1 rings (SSSR count). The zero-order chi connectivity index (χ0) is 13.4. The van der Waals surface area contributed by atoms with Crippen molar-refractivity contribution in [1.82, 2.24) is 4.90 Å². The zero-order valence-electron chi connectivity index (χ0n) is 11.6. The second-order valence-electron chi connectivity index (χ2n) is 4.61. The largest absolute Gasteiger partial charge is 0.383 e. The summed E-state index contributed by atoms with van der Waals surface area (Å²) in [5.41, 5.74) is 1.25. The smallest absolute Gasteiger partial charge is 0.134 e. The van der Waals surface area contributed by atoms with Gasteiger partial charge in [0.15, 0.2) is 0 Å². The van der Waals surface area contributed by atoms with Gasteiger partial charge in [0.2, 0.25) is 0 Å². The summed E-state index contributed by atoms with van der Waals surface area (Å²) in [6.07, 6.45) is 1.16. The average Bonchev–Trinajstić information content (AvgIpc) is 2.39. The lowest BCUT2D eigenvalue weighted by atomic mass is 10.1. The molecule has 100 valence electrons. The molecular formula is C15H23NO2. The van der Waals surface area contributed by atoms with Crippen LogP contribution in [0, 0.1) is 0 Å². The first-order valence-corrected chi connectivity index (χ1v) is 6.42. The molecule has 0 aromatic heterocycles. The van der Waals surface area contributed by atoms with E-state index in [0.29, 0.717) is 19.4 Å². The van der Waals surface area contributed by atoms with E-state index in [9.17, 15) is 4.79 Å². The second-order valence-corrected chi connectivity index (χ2v) is 4.61. The van der Waals surface area contributed by atoms with Crippen LogP contribution in [-0.4, -0.2) is 37.5 Å². The Morgan fingerprint density at radius 3 is 2.56 bits per heavy atom. The molecule has 0 aliphatic heterocycles. The maximum absolute atomic E-state index is 11.6. The van der Waals surface area contributed by atoms with Crippen molar-refractivity contribution in [3.63, 3.8) is 0 Å². The van der Waals surface area contributed by atoms with Crippen molar-refractivity contribution in [1.29, 1.82) is 0 Å². The predicted octanol–water partition coefficient (Wildman–Crippen LogP) is 2.50. The van der Waals surface area contributed by atoms with Gasteiger partial charge in [-0.05, 0) is 12.6 Å². The van der Waals surface area contributed by atoms with Crippen LogP contribution in [0.5, 0.6) is 0 Å². The van der Waals surface area contributed by atoms with Crippen LogP contribution in [0.1, 0.15) is 25.3 Å². The molecule has 0 aliphatic rings. The molecule has 0 N–H and O–H groups in total. The molecule has 0 saturated carbocycles. The molecule has 0 bridgehead atoms. The molecule has 3 nitrogen and oxygen atoms in total. The van der Waals surface area contributed by atoms with E-state index in [-0.39, 0.29) is 11.8 Å². The maximum Gasteiger partial charge on any atom is 0.134 e. The van der Waals surface area contributed by atoms with Gasteiger partial charge in [0.1, 0.15) is 5.78 Å². The minimum Gasteiger partial charge on any atom is -0.383 e. The molecule has 1 aromatic carbocycles. The van der Waals surface area contributed by atoms with Gasteiger partial charge >= 0.3 is 0 Å². The molecule has 3 heteroatoms. The summed E-state index contributed by atoms with van der Waals surface area (Å²) < 4.78 is 5.21. The quantitative estimate of drug-likeness (QED) is 0.709. The number of Topliss-reactive ketones (excluding diaryl/α,β-unsaturated/α-hetero) is 1. The highest BCUT2D eigenvalue weighted by atomic mass is 16.5. The number of nitrogens with zero attached hydrogens (tertiary/aromatic N) is 1. The molecule has 0 radical (unpaired) electrons. The van der Waals surface area contributed by atoms with E-state index in [1.165, 1.54) is 5.56 Å². The van der Waals surface area contributed by atoms with E-state index in [1.54, 1.807) is 7.11 Å². The van der Waals surface area contributed by atoms with Crippen LogP contribution in [0.15, 0.2) is 30.3 Å². The van der Waals surface area contributed by atoms with Gasteiger partial charge in [-0.2, -0.15) is 0 Å². The number of hydrogen-bond acceptors (Lipinski definition) is 3. The van der Waals surface area contributed by atoms with E-state index in [4.69, 9.17) is 4.74 Å². The first-order chi connectivity index (χ1) is 8.67. The Morgan fingerprint density at radius 1 is 1.33 bits per heavy atom. The SMILES string of the molecule is CCC(=O)CC(COC)N(C)Cc1ccccc1. The first kappa shape index (κ1) is 14.9. The Hall–Kier alpha value is -1.19. The standard InChI is InChI=1S/C15H23NO2/c1-4-15(17)10-14(12-18-3)16(2)11-13-8-6-5-7-9-13/h5-9,14H,4,10-12H2,1-3H3. The van der Waals surface area contributed by atoms with Gasteiger partial charge in [-0.25, -0.2) is 0 Å². The molecule has 1 atom stereocenters. The van der Waals surface area contributed by atoms with Crippen LogP contribution in [-0.2, 0) is 16.1 Å². The molecule has 0 heterocycles. The molecule has 0 spiro atoms. The van der Waals surface area contributed by atoms with E-state index >= 15 is 0 Å². The number of rotatable bonds is 8. The number of methoxy groups -OCH3 is 1. The van der Waals surface area contributed by atoms with Crippen LogP contribution in [0.2, 0.25) is 0 Å². The summed E-state index contributed by atoms with van der Waals surface area (Å²) in [6.45, 7) is 3.34. The van der Waals surface area contributed by atoms with Gasteiger partial charge in [0, 0.05) is 32.5 Å². The monoisotopic (exact) mass is 249 g/mol. The summed E-state index contributed by atoms with van der Waals surface area (Å²) in [6, 6.07) is 10.4. The summed E-state index contributed by atoms with van der Waals surface area (Å²) in [5.74, 6) is 0.289. The number of carbonyl (C=O) groups is 1. The van der Waals surface area contributed by atoms with E-state index in [0.717, 1.165) is 6.54 Å². The normalized spacial score (nSPS) is 12.7. The molecule has 0 saturated heterocycles. The molecule has 18 heavy (non-hydrogen) atoms. The van der Waals surface area contributed by atoms with Gasteiger partial charge in [0.25, 0.3) is 0 Å². The fraction of sp³-hybridized carbons (Fsp3) is 0.533. The van der Waals surface area contributed by atoms with Crippen molar-refractivity contribution >= 4 is 5.78 Å². The summed E-state index contributed by atoms with van der Waals surface area (Å²) >= 11 is 0. The molecule has 0 amide bonds. The molecule has 0 fully saturated rings. The lowest BCUT2D eigenvalue weighted by Crippen LogP contribution is -2.36. The van der Waals surface area contributed by atoms with Crippen LogP contribution in [0.4, 0.5) is 0 Å². The minimum absolute atomic E-state index is 0.155. The van der Waals surface area contributed by atoms with Crippen molar-refractivity contribution in [2.45, 2.75) is 32.4 Å². The number of hydrogen-bond donors (Lipinski definition) is 0. The molecule has 1 unspecified atom stereocenters. The van der Waals surface area contributed by atoms with E-state index in [2.05, 4.69) is 17.0 Å². The summed E-state index contributed by atoms with van der Waals surface area (Å²) in [4.78, 5) is 13.8. The maximum atomic E-state index is 11.6. The Labute approximate surface area is 110 Å².